The minimum absolute atomic E-state index is 0.438. The van der Waals surface area contributed by atoms with E-state index in [1.165, 1.54) is 11.3 Å². The summed E-state index contributed by atoms with van der Waals surface area (Å²) < 4.78 is 4.87. The number of hydrogen-bond donors (Lipinski definition) is 0. The summed E-state index contributed by atoms with van der Waals surface area (Å²) in [6.07, 6.45) is 1.91. The zero-order valence-electron chi connectivity index (χ0n) is 8.08. The Bertz CT molecular complexity index is 330. The van der Waals surface area contributed by atoms with E-state index in [0.29, 0.717) is 6.61 Å². The zero-order chi connectivity index (χ0) is 10.2. The molecule has 14 heavy (non-hydrogen) atoms. The second kappa shape index (κ2) is 6.22. The van der Waals surface area contributed by atoms with E-state index in [1.54, 1.807) is 0 Å². The van der Waals surface area contributed by atoms with Gasteiger partial charge in [0.2, 0.25) is 0 Å². The average molecular weight is 208 g/mol. The topological polar surface area (TPSA) is 26.3 Å². The fourth-order valence-corrected chi connectivity index (χ4v) is 1.38. The first-order valence-electron chi connectivity index (χ1n) is 4.55. The number of hydrogen-bond acceptors (Lipinski definition) is 3. The molecule has 74 valence electrons. The van der Waals surface area contributed by atoms with E-state index in [0.717, 1.165) is 17.7 Å². The number of ether oxygens (including phenoxy) is 1. The predicted molar refractivity (Wildman–Crippen MR) is 57.1 cm³/mol. The largest absolute Gasteiger partial charge is 0.456 e. The van der Waals surface area contributed by atoms with Gasteiger partial charge in [-0.15, -0.1) is 11.3 Å². The molecule has 0 unspecified atom stereocenters. The smallest absolute Gasteiger partial charge is 0.384 e. The Morgan fingerprint density at radius 2 is 2.50 bits per heavy atom. The quantitative estimate of drug-likeness (QED) is 0.433. The van der Waals surface area contributed by atoms with E-state index < -0.39 is 5.97 Å². The van der Waals surface area contributed by atoms with Crippen LogP contribution < -0.4 is 0 Å². The van der Waals surface area contributed by atoms with Gasteiger partial charge in [0.05, 0.1) is 11.5 Å². The van der Waals surface area contributed by atoms with Gasteiger partial charge in [-0.05, 0) is 23.8 Å². The lowest BCUT2D eigenvalue weighted by Gasteiger charge is -1.96. The van der Waals surface area contributed by atoms with Crippen molar-refractivity contribution in [3.63, 3.8) is 0 Å². The molecule has 0 aromatic carbocycles. The number of rotatable bonds is 3. The van der Waals surface area contributed by atoms with Crippen molar-refractivity contribution in [1.29, 1.82) is 0 Å². The maximum Gasteiger partial charge on any atom is 0.384 e. The molecule has 3 heteroatoms. The fraction of sp³-hybridized carbons (Fsp3) is 0.364. The van der Waals surface area contributed by atoms with Gasteiger partial charge in [-0.25, -0.2) is 4.79 Å². The van der Waals surface area contributed by atoms with Gasteiger partial charge in [-0.1, -0.05) is 19.4 Å². The molecular weight excluding hydrogens is 196 g/mol. The van der Waals surface area contributed by atoms with Gasteiger partial charge in [0.25, 0.3) is 0 Å². The van der Waals surface area contributed by atoms with Gasteiger partial charge >= 0.3 is 5.97 Å². The highest BCUT2D eigenvalue weighted by Crippen LogP contribution is 2.05. The van der Waals surface area contributed by atoms with Crippen LogP contribution in [0, 0.1) is 11.8 Å². The first-order chi connectivity index (χ1) is 6.83. The second-order valence-electron chi connectivity index (χ2n) is 2.72. The minimum atomic E-state index is -0.438. The van der Waals surface area contributed by atoms with Crippen molar-refractivity contribution in [3.05, 3.63) is 22.4 Å². The summed E-state index contributed by atoms with van der Waals surface area (Å²) >= 11 is 1.51. The van der Waals surface area contributed by atoms with Crippen molar-refractivity contribution in [2.45, 2.75) is 19.8 Å². The molecule has 1 aromatic rings. The molecule has 0 radical (unpaired) electrons. The molecule has 0 aliphatic carbocycles. The summed E-state index contributed by atoms with van der Waals surface area (Å²) in [4.78, 5) is 11.9. The van der Waals surface area contributed by atoms with Crippen molar-refractivity contribution >= 4 is 17.3 Å². The first-order valence-corrected chi connectivity index (χ1v) is 5.43. The van der Waals surface area contributed by atoms with Gasteiger partial charge in [-0.2, -0.15) is 0 Å². The summed E-state index contributed by atoms with van der Waals surface area (Å²) in [5.41, 5.74) is 0. The number of unbranched alkanes of at least 4 members (excludes halogenated alkanes) is 1. The molecular formula is C11H12O2S. The Morgan fingerprint density at radius 3 is 3.14 bits per heavy atom. The first kappa shape index (κ1) is 10.8. The van der Waals surface area contributed by atoms with Gasteiger partial charge in [0, 0.05) is 5.92 Å². The SMILES string of the molecule is CCCCOC(=O)C#Cc1cccs1. The normalized spacial score (nSPS) is 8.93. The summed E-state index contributed by atoms with van der Waals surface area (Å²) in [5, 5.41) is 1.92. The highest BCUT2D eigenvalue weighted by molar-refractivity contribution is 7.10. The molecule has 0 spiro atoms. The summed E-state index contributed by atoms with van der Waals surface area (Å²) in [5.74, 6) is 4.75. The molecule has 0 atom stereocenters. The van der Waals surface area contributed by atoms with Crippen LogP contribution in [0.4, 0.5) is 0 Å². The Hall–Kier alpha value is -1.27. The van der Waals surface area contributed by atoms with E-state index in [-0.39, 0.29) is 0 Å². The Labute approximate surface area is 87.9 Å². The van der Waals surface area contributed by atoms with Crippen LogP contribution in [-0.4, -0.2) is 12.6 Å². The van der Waals surface area contributed by atoms with Crippen LogP contribution in [-0.2, 0) is 9.53 Å². The predicted octanol–water partition coefficient (Wildman–Crippen LogP) is 2.44. The van der Waals surface area contributed by atoms with Crippen LogP contribution in [0.2, 0.25) is 0 Å². The Morgan fingerprint density at radius 1 is 1.64 bits per heavy atom. The van der Waals surface area contributed by atoms with E-state index in [4.69, 9.17) is 4.74 Å². The third-order valence-electron chi connectivity index (χ3n) is 1.54. The monoisotopic (exact) mass is 208 g/mol. The number of thiophene rings is 1. The van der Waals surface area contributed by atoms with Crippen LogP contribution in [0.15, 0.2) is 17.5 Å². The van der Waals surface area contributed by atoms with Crippen LogP contribution in [0.3, 0.4) is 0 Å². The third-order valence-corrected chi connectivity index (χ3v) is 2.33. The Kier molecular flexibility index (Phi) is 4.81. The maximum atomic E-state index is 11.0. The second-order valence-corrected chi connectivity index (χ2v) is 3.66. The van der Waals surface area contributed by atoms with Crippen LogP contribution >= 0.6 is 11.3 Å². The molecule has 0 bridgehead atoms. The maximum absolute atomic E-state index is 11.0. The van der Waals surface area contributed by atoms with Crippen molar-refractivity contribution in [2.24, 2.45) is 0 Å². The average Bonchev–Trinajstić information content (AvgIpc) is 2.68. The number of carbonyl (C=O) groups is 1. The number of carbonyl (C=O) groups excluding carboxylic acids is 1. The zero-order valence-corrected chi connectivity index (χ0v) is 8.89. The molecule has 0 fully saturated rings. The lowest BCUT2D eigenvalue weighted by atomic mass is 10.4. The standard InChI is InChI=1S/C11H12O2S/c1-2-3-8-13-11(12)7-6-10-5-4-9-14-10/h4-5,9H,2-3,8H2,1H3. The van der Waals surface area contributed by atoms with Crippen LogP contribution in [0.1, 0.15) is 24.6 Å². The van der Waals surface area contributed by atoms with Gasteiger partial charge < -0.3 is 4.74 Å². The van der Waals surface area contributed by atoms with Crippen molar-refractivity contribution < 1.29 is 9.53 Å². The number of esters is 1. The molecule has 1 aromatic heterocycles. The molecule has 0 aliphatic rings. The van der Waals surface area contributed by atoms with Crippen molar-refractivity contribution in [2.75, 3.05) is 6.61 Å². The van der Waals surface area contributed by atoms with E-state index in [9.17, 15) is 4.79 Å². The molecule has 0 saturated heterocycles. The third kappa shape index (κ3) is 4.11. The van der Waals surface area contributed by atoms with Gasteiger partial charge in [-0.3, -0.25) is 0 Å². The molecule has 1 heterocycles. The molecule has 0 aliphatic heterocycles. The molecule has 1 rings (SSSR count). The van der Waals surface area contributed by atoms with Crippen molar-refractivity contribution in [1.82, 2.24) is 0 Å². The summed E-state index contributed by atoms with van der Waals surface area (Å²) in [7, 11) is 0. The van der Waals surface area contributed by atoms with E-state index in [1.807, 2.05) is 24.4 Å². The summed E-state index contributed by atoms with van der Waals surface area (Å²) in [6.45, 7) is 2.51. The lowest BCUT2D eigenvalue weighted by Crippen LogP contribution is -2.02. The molecule has 0 N–H and O–H groups in total. The van der Waals surface area contributed by atoms with Gasteiger partial charge in [0.1, 0.15) is 0 Å². The van der Waals surface area contributed by atoms with E-state index >= 15 is 0 Å². The molecule has 0 amide bonds. The Balaban J connectivity index is 2.33. The van der Waals surface area contributed by atoms with Gasteiger partial charge in [0.15, 0.2) is 0 Å². The van der Waals surface area contributed by atoms with Crippen LogP contribution in [0.25, 0.3) is 0 Å². The van der Waals surface area contributed by atoms with E-state index in [2.05, 4.69) is 11.8 Å². The molecule has 2 nitrogen and oxygen atoms in total. The van der Waals surface area contributed by atoms with Crippen molar-refractivity contribution in [3.8, 4) is 11.8 Å². The highest BCUT2D eigenvalue weighted by Gasteiger charge is 1.95. The fourth-order valence-electron chi connectivity index (χ4n) is 0.808. The lowest BCUT2D eigenvalue weighted by molar-refractivity contribution is -0.136. The van der Waals surface area contributed by atoms with Crippen LogP contribution in [0.5, 0.6) is 0 Å². The molecule has 0 saturated carbocycles. The minimum Gasteiger partial charge on any atom is -0.456 e. The highest BCUT2D eigenvalue weighted by atomic mass is 32.1. The summed E-state index contributed by atoms with van der Waals surface area (Å²) in [6, 6.07) is 3.77.